The molecule has 0 aliphatic rings. The number of fused-ring (bicyclic) bond motifs is 1. The van der Waals surface area contributed by atoms with E-state index in [9.17, 15) is 4.79 Å². The maximum atomic E-state index is 13.2. The van der Waals surface area contributed by atoms with E-state index in [2.05, 4.69) is 57.2 Å². The number of hydrogen-bond donors (Lipinski definition) is 1. The highest BCUT2D eigenvalue weighted by Crippen LogP contribution is 2.40. The smallest absolute Gasteiger partial charge is 0.389 e. The third kappa shape index (κ3) is 5.04. The van der Waals surface area contributed by atoms with Crippen molar-refractivity contribution in [1.29, 1.82) is 0 Å². The van der Waals surface area contributed by atoms with E-state index in [1.54, 1.807) is 23.6 Å². The van der Waals surface area contributed by atoms with Crippen molar-refractivity contribution in [2.75, 3.05) is 12.4 Å². The van der Waals surface area contributed by atoms with Crippen LogP contribution < -0.4 is 10.2 Å². The summed E-state index contributed by atoms with van der Waals surface area (Å²) >= 11 is 1.34. The van der Waals surface area contributed by atoms with Gasteiger partial charge < -0.3 is 15.0 Å². The molecule has 0 fully saturated rings. The number of benzene rings is 4. The molecule has 0 aliphatic heterocycles. The number of nitrogens with zero attached hydrogens (tertiary/aromatic N) is 5. The normalized spacial score (nSPS) is 11.8. The second kappa shape index (κ2) is 11.4. The summed E-state index contributed by atoms with van der Waals surface area (Å²) in [5, 5.41) is 17.9. The number of aromatic nitrogens is 4. The number of carbonyl (C=O) groups excluding carboxylic acids is 1. The van der Waals surface area contributed by atoms with Gasteiger partial charge in [0.1, 0.15) is 29.4 Å². The summed E-state index contributed by atoms with van der Waals surface area (Å²) in [6.07, 6.45) is 0. The van der Waals surface area contributed by atoms with Crippen LogP contribution in [0.1, 0.15) is 22.4 Å². The molecule has 0 saturated heterocycles. The average molecular weight is 561 g/mol. The highest BCUT2D eigenvalue weighted by molar-refractivity contribution is 7.14. The van der Waals surface area contributed by atoms with Crippen LogP contribution in [0.15, 0.2) is 126 Å². The van der Waals surface area contributed by atoms with Crippen LogP contribution in [0.4, 0.5) is 5.13 Å². The predicted molar refractivity (Wildman–Crippen MR) is 158 cm³/mol. The van der Waals surface area contributed by atoms with Gasteiger partial charge in [-0.1, -0.05) is 113 Å². The van der Waals surface area contributed by atoms with E-state index in [0.29, 0.717) is 16.2 Å². The lowest BCUT2D eigenvalue weighted by molar-refractivity contribution is -0.137. The second-order valence-corrected chi connectivity index (χ2v) is 9.82. The topological polar surface area (TPSA) is 104 Å². The maximum Gasteiger partial charge on any atom is 0.389 e. The maximum absolute atomic E-state index is 13.2. The molecule has 1 N–H and O–H groups in total. The fraction of sp³-hybridized carbons (Fsp3) is 0.0645. The van der Waals surface area contributed by atoms with Gasteiger partial charge in [-0.25, -0.2) is 9.78 Å². The van der Waals surface area contributed by atoms with Gasteiger partial charge in [0.25, 0.3) is 0 Å². The van der Waals surface area contributed by atoms with Crippen molar-refractivity contribution in [2.45, 2.75) is 5.54 Å². The zero-order valence-corrected chi connectivity index (χ0v) is 22.7. The van der Waals surface area contributed by atoms with Gasteiger partial charge in [-0.3, -0.25) is 0 Å². The molecule has 4 aromatic carbocycles. The Hall–Kier alpha value is -5.35. The van der Waals surface area contributed by atoms with Crippen LogP contribution in [0.5, 0.6) is 0 Å². The molecule has 0 spiro atoms. The SMILES string of the molecule is CO/N=C(\C(=O)On1nnc2ccccc21)c1csc(NC(c2ccccc2)(c2ccccc2)c2ccccc2)n1. The lowest BCUT2D eigenvalue weighted by Crippen LogP contribution is -2.38. The van der Waals surface area contributed by atoms with E-state index in [1.807, 2.05) is 60.7 Å². The van der Waals surface area contributed by atoms with Gasteiger partial charge in [-0.15, -0.1) is 16.4 Å². The first kappa shape index (κ1) is 25.9. The lowest BCUT2D eigenvalue weighted by atomic mass is 9.77. The predicted octanol–water partition coefficient (Wildman–Crippen LogP) is 5.30. The molecule has 6 rings (SSSR count). The standard InChI is InChI=1S/C31H24N6O3S/c1-39-35-28(29(38)40-37-27-20-12-11-19-25(27)34-36-37)26-21-41-30(32-26)33-31(22-13-5-2-6-14-22,23-15-7-3-8-16-23)24-17-9-4-10-18-24/h2-21H,1H3,(H,32,33)/b35-28-. The van der Waals surface area contributed by atoms with Gasteiger partial charge >= 0.3 is 5.97 Å². The van der Waals surface area contributed by atoms with E-state index >= 15 is 0 Å². The number of anilines is 1. The molecule has 2 aromatic heterocycles. The third-order valence-electron chi connectivity index (χ3n) is 6.53. The second-order valence-electron chi connectivity index (χ2n) is 8.96. The van der Waals surface area contributed by atoms with Crippen LogP contribution in [0.25, 0.3) is 11.0 Å². The average Bonchev–Trinajstić information content (AvgIpc) is 3.67. The highest BCUT2D eigenvalue weighted by Gasteiger charge is 2.37. The largest absolute Gasteiger partial charge is 0.398 e. The number of para-hydroxylation sites is 1. The van der Waals surface area contributed by atoms with Crippen molar-refractivity contribution in [3.05, 3.63) is 143 Å². The Morgan fingerprint density at radius 3 is 1.98 bits per heavy atom. The van der Waals surface area contributed by atoms with Crippen molar-refractivity contribution >= 4 is 39.2 Å². The minimum absolute atomic E-state index is 0.110. The Bertz CT molecular complexity index is 1710. The van der Waals surface area contributed by atoms with Crippen molar-refractivity contribution in [3.8, 4) is 0 Å². The summed E-state index contributed by atoms with van der Waals surface area (Å²) in [4.78, 5) is 29.5. The van der Waals surface area contributed by atoms with E-state index in [-0.39, 0.29) is 11.4 Å². The number of hydrogen-bond acceptors (Lipinski definition) is 9. The van der Waals surface area contributed by atoms with Crippen LogP contribution >= 0.6 is 11.3 Å². The number of thiazole rings is 1. The Morgan fingerprint density at radius 2 is 1.39 bits per heavy atom. The number of oxime groups is 1. The molecular formula is C31H24N6O3S. The van der Waals surface area contributed by atoms with Crippen LogP contribution in [-0.2, 0) is 15.2 Å². The van der Waals surface area contributed by atoms with Gasteiger partial charge in [0.2, 0.25) is 5.71 Å². The third-order valence-corrected chi connectivity index (χ3v) is 7.29. The molecule has 0 atom stereocenters. The molecule has 0 saturated carbocycles. The Kier molecular flexibility index (Phi) is 7.21. The van der Waals surface area contributed by atoms with Gasteiger partial charge in [0.15, 0.2) is 5.13 Å². The molecule has 10 heteroatoms. The summed E-state index contributed by atoms with van der Waals surface area (Å²) in [5.41, 5.74) is 3.60. The fourth-order valence-electron chi connectivity index (χ4n) is 4.70. The van der Waals surface area contributed by atoms with Crippen molar-refractivity contribution in [1.82, 2.24) is 20.1 Å². The van der Waals surface area contributed by atoms with Gasteiger partial charge in [0, 0.05) is 5.38 Å². The van der Waals surface area contributed by atoms with Crippen molar-refractivity contribution < 1.29 is 14.5 Å². The zero-order chi connectivity index (χ0) is 28.1. The minimum atomic E-state index is -0.792. The molecule has 0 aliphatic carbocycles. The molecule has 0 bridgehead atoms. The van der Waals surface area contributed by atoms with Gasteiger partial charge in [-0.2, -0.15) is 0 Å². The Labute approximate surface area is 239 Å². The molecule has 202 valence electrons. The molecular weight excluding hydrogens is 536 g/mol. The van der Waals surface area contributed by atoms with Crippen molar-refractivity contribution in [2.24, 2.45) is 5.16 Å². The fourth-order valence-corrected chi connectivity index (χ4v) is 5.45. The Balaban J connectivity index is 1.39. The molecule has 0 unspecified atom stereocenters. The van der Waals surface area contributed by atoms with Crippen molar-refractivity contribution in [3.63, 3.8) is 0 Å². The lowest BCUT2D eigenvalue weighted by Gasteiger charge is -2.36. The molecule has 0 radical (unpaired) electrons. The summed E-state index contributed by atoms with van der Waals surface area (Å²) in [5.74, 6) is -0.792. The quantitative estimate of drug-likeness (QED) is 0.111. The first-order chi connectivity index (χ1) is 20.2. The summed E-state index contributed by atoms with van der Waals surface area (Å²) < 4.78 is 0. The van der Waals surface area contributed by atoms with E-state index in [4.69, 9.17) is 14.7 Å². The van der Waals surface area contributed by atoms with Gasteiger partial charge in [0.05, 0.1) is 0 Å². The van der Waals surface area contributed by atoms with Crippen LogP contribution in [0, 0.1) is 0 Å². The molecule has 6 aromatic rings. The Morgan fingerprint density at radius 1 is 0.829 bits per heavy atom. The summed E-state index contributed by atoms with van der Waals surface area (Å²) in [6, 6.07) is 37.7. The van der Waals surface area contributed by atoms with E-state index < -0.39 is 11.5 Å². The number of nitrogens with one attached hydrogen (secondary N) is 1. The monoisotopic (exact) mass is 560 g/mol. The highest BCUT2D eigenvalue weighted by atomic mass is 32.1. The molecule has 0 amide bonds. The molecule has 41 heavy (non-hydrogen) atoms. The first-order valence-corrected chi connectivity index (χ1v) is 13.6. The van der Waals surface area contributed by atoms with E-state index in [0.717, 1.165) is 21.5 Å². The number of carbonyl (C=O) groups is 1. The van der Waals surface area contributed by atoms with Gasteiger partial charge in [-0.05, 0) is 34.0 Å². The molecule has 9 nitrogen and oxygen atoms in total. The first-order valence-electron chi connectivity index (χ1n) is 12.7. The summed E-state index contributed by atoms with van der Waals surface area (Å²) in [6.45, 7) is 0. The zero-order valence-electron chi connectivity index (χ0n) is 21.9. The van der Waals surface area contributed by atoms with Crippen LogP contribution in [0.3, 0.4) is 0 Å². The minimum Gasteiger partial charge on any atom is -0.398 e. The van der Waals surface area contributed by atoms with Crippen LogP contribution in [0.2, 0.25) is 0 Å². The van der Waals surface area contributed by atoms with Crippen LogP contribution in [-0.4, -0.2) is 38.9 Å². The summed E-state index contributed by atoms with van der Waals surface area (Å²) in [7, 11) is 1.36. The van der Waals surface area contributed by atoms with E-state index in [1.165, 1.54) is 18.4 Å². The number of rotatable bonds is 9. The molecule has 2 heterocycles.